The van der Waals surface area contributed by atoms with E-state index < -0.39 is 0 Å². The molecule has 1 saturated carbocycles. The SMILES string of the molecule is O=C(NCC1(c2cccc(F)c2)CCCC1)C1CC(=O)N(Cc2ccccn2)C1. The van der Waals surface area contributed by atoms with Gasteiger partial charge >= 0.3 is 0 Å². The Morgan fingerprint density at radius 2 is 2.03 bits per heavy atom. The number of nitrogens with zero attached hydrogens (tertiary/aromatic N) is 2. The molecule has 2 fully saturated rings. The summed E-state index contributed by atoms with van der Waals surface area (Å²) in [5.41, 5.74) is 1.56. The Hall–Kier alpha value is -2.76. The van der Waals surface area contributed by atoms with Crippen molar-refractivity contribution in [1.29, 1.82) is 0 Å². The molecule has 1 unspecified atom stereocenters. The van der Waals surface area contributed by atoms with Gasteiger partial charge in [-0.05, 0) is 42.7 Å². The van der Waals surface area contributed by atoms with Crippen molar-refractivity contribution in [3.63, 3.8) is 0 Å². The molecule has 1 aliphatic carbocycles. The van der Waals surface area contributed by atoms with Crippen LogP contribution in [0.25, 0.3) is 0 Å². The van der Waals surface area contributed by atoms with Gasteiger partial charge in [0, 0.05) is 31.1 Å². The van der Waals surface area contributed by atoms with E-state index in [1.54, 1.807) is 23.2 Å². The number of likely N-dealkylation sites (tertiary alicyclic amines) is 1. The van der Waals surface area contributed by atoms with E-state index in [1.807, 2.05) is 24.3 Å². The minimum Gasteiger partial charge on any atom is -0.355 e. The summed E-state index contributed by atoms with van der Waals surface area (Å²) in [6.07, 6.45) is 5.95. The molecule has 2 amide bonds. The van der Waals surface area contributed by atoms with Crippen LogP contribution in [0.5, 0.6) is 0 Å². The van der Waals surface area contributed by atoms with E-state index in [0.29, 0.717) is 19.6 Å². The number of halogens is 1. The molecule has 152 valence electrons. The van der Waals surface area contributed by atoms with Crippen LogP contribution in [-0.4, -0.2) is 34.8 Å². The quantitative estimate of drug-likeness (QED) is 0.817. The van der Waals surface area contributed by atoms with Crippen molar-refractivity contribution >= 4 is 11.8 Å². The number of carbonyl (C=O) groups excluding carboxylic acids is 2. The minimum absolute atomic E-state index is 0.0171. The fourth-order valence-electron chi connectivity index (χ4n) is 4.63. The highest BCUT2D eigenvalue weighted by Gasteiger charge is 2.39. The van der Waals surface area contributed by atoms with Crippen molar-refractivity contribution in [3.05, 3.63) is 65.7 Å². The Kier molecular flexibility index (Phi) is 5.60. The molecule has 4 rings (SSSR count). The number of carbonyl (C=O) groups is 2. The Balaban J connectivity index is 1.38. The van der Waals surface area contributed by atoms with E-state index in [1.165, 1.54) is 6.07 Å². The normalized spacial score (nSPS) is 20.8. The number of benzene rings is 1. The van der Waals surface area contributed by atoms with Crippen molar-refractivity contribution in [1.82, 2.24) is 15.2 Å². The van der Waals surface area contributed by atoms with Crippen LogP contribution in [0.1, 0.15) is 43.4 Å². The highest BCUT2D eigenvalue weighted by molar-refractivity contribution is 5.89. The first kappa shape index (κ1) is 19.6. The third-order valence-electron chi connectivity index (χ3n) is 6.26. The van der Waals surface area contributed by atoms with Crippen LogP contribution in [0, 0.1) is 11.7 Å². The molecule has 1 aliphatic heterocycles. The third kappa shape index (κ3) is 4.31. The summed E-state index contributed by atoms with van der Waals surface area (Å²) in [5, 5.41) is 3.07. The maximum absolute atomic E-state index is 13.8. The van der Waals surface area contributed by atoms with Gasteiger partial charge in [0.05, 0.1) is 18.2 Å². The molecule has 2 aromatic rings. The van der Waals surface area contributed by atoms with Crippen LogP contribution in [0.4, 0.5) is 4.39 Å². The van der Waals surface area contributed by atoms with Crippen molar-refractivity contribution in [2.24, 2.45) is 5.92 Å². The second-order valence-electron chi connectivity index (χ2n) is 8.21. The summed E-state index contributed by atoms with van der Waals surface area (Å²) in [6.45, 7) is 1.32. The van der Waals surface area contributed by atoms with Crippen LogP contribution >= 0.6 is 0 Å². The fraction of sp³-hybridized carbons (Fsp3) is 0.435. The van der Waals surface area contributed by atoms with Crippen molar-refractivity contribution < 1.29 is 14.0 Å². The van der Waals surface area contributed by atoms with Gasteiger partial charge in [-0.25, -0.2) is 4.39 Å². The molecule has 2 aliphatic rings. The van der Waals surface area contributed by atoms with Crippen molar-refractivity contribution in [3.8, 4) is 0 Å². The Bertz CT molecular complexity index is 881. The zero-order valence-electron chi connectivity index (χ0n) is 16.4. The van der Waals surface area contributed by atoms with Crippen molar-refractivity contribution in [2.45, 2.75) is 44.1 Å². The Morgan fingerprint density at radius 1 is 1.21 bits per heavy atom. The van der Waals surface area contributed by atoms with Crippen LogP contribution in [0.3, 0.4) is 0 Å². The van der Waals surface area contributed by atoms with Gasteiger partial charge in [0.25, 0.3) is 0 Å². The predicted molar refractivity (Wildman–Crippen MR) is 107 cm³/mol. The second-order valence-corrected chi connectivity index (χ2v) is 8.21. The fourth-order valence-corrected chi connectivity index (χ4v) is 4.63. The lowest BCUT2D eigenvalue weighted by Crippen LogP contribution is -2.42. The number of pyridine rings is 1. The van der Waals surface area contributed by atoms with Crippen LogP contribution in [-0.2, 0) is 21.5 Å². The lowest BCUT2D eigenvalue weighted by atomic mass is 9.78. The van der Waals surface area contributed by atoms with E-state index in [-0.39, 0.29) is 35.4 Å². The molecule has 1 N–H and O–H groups in total. The highest BCUT2D eigenvalue weighted by atomic mass is 19.1. The number of amides is 2. The first-order valence-corrected chi connectivity index (χ1v) is 10.3. The molecule has 1 aromatic carbocycles. The van der Waals surface area contributed by atoms with Gasteiger partial charge in [-0.3, -0.25) is 14.6 Å². The van der Waals surface area contributed by atoms with Gasteiger partial charge in [-0.2, -0.15) is 0 Å². The number of hydrogen-bond donors (Lipinski definition) is 1. The van der Waals surface area contributed by atoms with E-state index in [9.17, 15) is 14.0 Å². The molecule has 2 heterocycles. The lowest BCUT2D eigenvalue weighted by molar-refractivity contribution is -0.129. The molecular formula is C23H26FN3O2. The maximum atomic E-state index is 13.8. The lowest BCUT2D eigenvalue weighted by Gasteiger charge is -2.30. The zero-order chi connectivity index (χ0) is 20.3. The topological polar surface area (TPSA) is 62.3 Å². The minimum atomic E-state index is -0.350. The third-order valence-corrected chi connectivity index (χ3v) is 6.26. The molecule has 0 spiro atoms. The molecule has 29 heavy (non-hydrogen) atoms. The van der Waals surface area contributed by atoms with E-state index >= 15 is 0 Å². The molecular weight excluding hydrogens is 369 g/mol. The first-order chi connectivity index (χ1) is 14.1. The highest BCUT2D eigenvalue weighted by Crippen LogP contribution is 2.41. The first-order valence-electron chi connectivity index (χ1n) is 10.3. The molecule has 1 aromatic heterocycles. The summed E-state index contributed by atoms with van der Waals surface area (Å²) in [5.74, 6) is -0.704. The summed E-state index contributed by atoms with van der Waals surface area (Å²) in [4.78, 5) is 31.1. The standard InChI is InChI=1S/C23H26FN3O2/c24-19-7-5-6-18(13-19)23(9-2-3-10-23)16-26-22(29)17-12-21(28)27(14-17)15-20-8-1-4-11-25-20/h1,4-8,11,13,17H,2-3,9-10,12,14-16H2,(H,26,29). The van der Waals surface area contributed by atoms with Gasteiger partial charge in [0.15, 0.2) is 0 Å². The van der Waals surface area contributed by atoms with Crippen LogP contribution in [0.15, 0.2) is 48.7 Å². The summed E-state index contributed by atoms with van der Waals surface area (Å²) >= 11 is 0. The van der Waals surface area contributed by atoms with Gasteiger partial charge < -0.3 is 10.2 Å². The van der Waals surface area contributed by atoms with Crippen LogP contribution < -0.4 is 5.32 Å². The predicted octanol–water partition coefficient (Wildman–Crippen LogP) is 3.20. The number of aromatic nitrogens is 1. The average molecular weight is 395 g/mol. The summed E-state index contributed by atoms with van der Waals surface area (Å²) in [6, 6.07) is 12.3. The molecule has 6 heteroatoms. The average Bonchev–Trinajstić information content (AvgIpc) is 3.35. The number of nitrogens with one attached hydrogen (secondary N) is 1. The number of hydrogen-bond acceptors (Lipinski definition) is 3. The van der Waals surface area contributed by atoms with E-state index in [4.69, 9.17) is 0 Å². The van der Waals surface area contributed by atoms with E-state index in [2.05, 4.69) is 10.3 Å². The smallest absolute Gasteiger partial charge is 0.225 e. The summed E-state index contributed by atoms with van der Waals surface area (Å²) < 4.78 is 13.8. The van der Waals surface area contributed by atoms with Gasteiger partial charge in [0.2, 0.25) is 11.8 Å². The monoisotopic (exact) mass is 395 g/mol. The molecule has 1 atom stereocenters. The maximum Gasteiger partial charge on any atom is 0.225 e. The van der Waals surface area contributed by atoms with Gasteiger partial charge in [-0.1, -0.05) is 31.0 Å². The molecule has 0 bridgehead atoms. The molecule has 5 nitrogen and oxygen atoms in total. The van der Waals surface area contributed by atoms with Gasteiger partial charge in [0.1, 0.15) is 5.82 Å². The number of rotatable bonds is 6. The van der Waals surface area contributed by atoms with Crippen LogP contribution in [0.2, 0.25) is 0 Å². The Morgan fingerprint density at radius 3 is 2.76 bits per heavy atom. The Labute approximate surface area is 170 Å². The molecule has 0 radical (unpaired) electrons. The van der Waals surface area contributed by atoms with Gasteiger partial charge in [-0.15, -0.1) is 0 Å². The largest absolute Gasteiger partial charge is 0.355 e. The second kappa shape index (κ2) is 8.31. The van der Waals surface area contributed by atoms with Crippen molar-refractivity contribution in [2.75, 3.05) is 13.1 Å². The van der Waals surface area contributed by atoms with E-state index in [0.717, 1.165) is 36.9 Å². The summed E-state index contributed by atoms with van der Waals surface area (Å²) in [7, 11) is 0. The molecule has 1 saturated heterocycles. The zero-order valence-corrected chi connectivity index (χ0v) is 16.4.